The molecule has 0 radical (unpaired) electrons. The maximum atomic E-state index is 12.5. The normalized spacial score (nSPS) is 18.2. The van der Waals surface area contributed by atoms with Crippen molar-refractivity contribution in [2.75, 3.05) is 39.6 Å². The zero-order chi connectivity index (χ0) is 20.3. The Bertz CT molecular complexity index is 914. The fraction of sp³-hybridized carbons (Fsp3) is 0.450. The van der Waals surface area contributed by atoms with E-state index >= 15 is 0 Å². The molecule has 0 aliphatic carbocycles. The van der Waals surface area contributed by atoms with Crippen LogP contribution in [0.15, 0.2) is 36.4 Å². The van der Waals surface area contributed by atoms with Crippen molar-refractivity contribution in [2.24, 2.45) is 0 Å². The van der Waals surface area contributed by atoms with Crippen LogP contribution in [0.5, 0.6) is 5.75 Å². The molecule has 1 fully saturated rings. The molecule has 1 saturated heterocycles. The van der Waals surface area contributed by atoms with Crippen LogP contribution in [-0.2, 0) is 10.2 Å². The molecule has 1 atom stereocenters. The number of nitrogens with one attached hydrogen (secondary N) is 1. The average molecular weight is 405 g/mol. The summed E-state index contributed by atoms with van der Waals surface area (Å²) in [6.07, 6.45) is 1.76. The monoisotopic (exact) mass is 404 g/mol. The molecule has 1 aromatic carbocycles. The minimum atomic E-state index is -3.40. The van der Waals surface area contributed by atoms with E-state index in [0.717, 1.165) is 41.4 Å². The molecule has 152 valence electrons. The van der Waals surface area contributed by atoms with Gasteiger partial charge in [0.05, 0.1) is 7.11 Å². The van der Waals surface area contributed by atoms with Crippen LogP contribution in [0.3, 0.4) is 0 Å². The number of hydrogen-bond acceptors (Lipinski definition) is 5. The summed E-state index contributed by atoms with van der Waals surface area (Å²) >= 11 is 0. The van der Waals surface area contributed by atoms with E-state index in [9.17, 15) is 8.42 Å². The second-order valence-corrected chi connectivity index (χ2v) is 9.41. The molecule has 1 aromatic heterocycles. The van der Waals surface area contributed by atoms with Gasteiger partial charge in [0, 0.05) is 55.9 Å². The van der Waals surface area contributed by atoms with Gasteiger partial charge in [-0.3, -0.25) is 4.98 Å². The Morgan fingerprint density at radius 3 is 2.54 bits per heavy atom. The highest BCUT2D eigenvalue weighted by atomic mass is 32.2. The van der Waals surface area contributed by atoms with Gasteiger partial charge in [0.2, 0.25) is 0 Å². The highest BCUT2D eigenvalue weighted by molar-refractivity contribution is 7.86. The van der Waals surface area contributed by atoms with Gasteiger partial charge in [-0.25, -0.2) is 0 Å². The zero-order valence-corrected chi connectivity index (χ0v) is 17.7. The van der Waals surface area contributed by atoms with E-state index in [1.54, 1.807) is 25.5 Å². The van der Waals surface area contributed by atoms with Crippen molar-refractivity contribution in [3.8, 4) is 5.75 Å². The summed E-state index contributed by atoms with van der Waals surface area (Å²) in [5, 5.41) is 3.40. The molecule has 7 nitrogen and oxygen atoms in total. The molecule has 0 bridgehead atoms. The first-order valence-electron chi connectivity index (χ1n) is 9.37. The van der Waals surface area contributed by atoms with Crippen molar-refractivity contribution in [3.63, 3.8) is 0 Å². The van der Waals surface area contributed by atoms with Crippen molar-refractivity contribution >= 4 is 21.6 Å². The molecule has 1 unspecified atom stereocenters. The Kier molecular flexibility index (Phi) is 6.22. The lowest BCUT2D eigenvalue weighted by Gasteiger charge is -2.33. The Morgan fingerprint density at radius 2 is 1.89 bits per heavy atom. The molecule has 1 aliphatic rings. The second-order valence-electron chi connectivity index (χ2n) is 7.26. The van der Waals surface area contributed by atoms with Crippen LogP contribution >= 0.6 is 0 Å². The zero-order valence-electron chi connectivity index (χ0n) is 16.8. The van der Waals surface area contributed by atoms with Gasteiger partial charge in [0.1, 0.15) is 5.75 Å². The summed E-state index contributed by atoms with van der Waals surface area (Å²) in [5.74, 6) is 0.890. The first-order valence-corrected chi connectivity index (χ1v) is 10.8. The largest absolute Gasteiger partial charge is 0.497 e. The number of ether oxygens (including phenoxy) is 1. The average Bonchev–Trinajstić information content (AvgIpc) is 2.68. The molecule has 2 aromatic rings. The second kappa shape index (κ2) is 8.46. The molecule has 2 heterocycles. The summed E-state index contributed by atoms with van der Waals surface area (Å²) in [7, 11) is 1.38. The highest BCUT2D eigenvalue weighted by Crippen LogP contribution is 2.30. The number of aromatic nitrogens is 1. The first kappa shape index (κ1) is 20.6. The molecule has 8 heteroatoms. The molecule has 0 saturated carbocycles. The molecular weight excluding hydrogens is 376 g/mol. The van der Waals surface area contributed by atoms with Crippen LogP contribution in [-0.4, -0.2) is 56.3 Å². The number of aryl methyl sites for hydroxylation is 1. The number of pyridine rings is 1. The Balaban J connectivity index is 1.80. The molecule has 1 N–H and O–H groups in total. The van der Waals surface area contributed by atoms with E-state index in [1.807, 2.05) is 43.3 Å². The van der Waals surface area contributed by atoms with E-state index in [2.05, 4.69) is 5.32 Å². The van der Waals surface area contributed by atoms with E-state index in [0.29, 0.717) is 13.1 Å². The molecule has 3 rings (SSSR count). The quantitative estimate of drug-likeness (QED) is 0.801. The van der Waals surface area contributed by atoms with Crippen molar-refractivity contribution in [1.29, 1.82) is 0 Å². The van der Waals surface area contributed by atoms with Crippen LogP contribution in [0.1, 0.15) is 30.1 Å². The lowest BCUT2D eigenvalue weighted by atomic mass is 9.95. The highest BCUT2D eigenvalue weighted by Gasteiger charge is 2.31. The summed E-state index contributed by atoms with van der Waals surface area (Å²) < 4.78 is 33.0. The number of methoxy groups -OCH3 is 1. The predicted molar refractivity (Wildman–Crippen MR) is 111 cm³/mol. The van der Waals surface area contributed by atoms with Crippen molar-refractivity contribution in [3.05, 3.63) is 47.8 Å². The fourth-order valence-electron chi connectivity index (χ4n) is 3.44. The number of benzene rings is 1. The maximum absolute atomic E-state index is 12.5. The molecule has 0 amide bonds. The summed E-state index contributed by atoms with van der Waals surface area (Å²) in [4.78, 5) is 4.69. The third kappa shape index (κ3) is 4.63. The molecule has 0 spiro atoms. The number of hydrogen-bond donors (Lipinski definition) is 1. The lowest BCUT2D eigenvalue weighted by molar-refractivity contribution is 0.296. The van der Waals surface area contributed by atoms with Gasteiger partial charge in [-0.1, -0.05) is 0 Å². The smallest absolute Gasteiger partial charge is 0.281 e. The standard InChI is InChI=1S/C20H28N4O3S/c1-15-12-18(22-17-7-9-19(27-4)10-8-17)13-20(21-15)16-6-5-11-24(14-16)28(25,26)23(2)3/h7-10,12-13,16H,5-6,11,14H2,1-4H3,(H,21,22). The number of rotatable bonds is 6. The third-order valence-electron chi connectivity index (χ3n) is 4.94. The Morgan fingerprint density at radius 1 is 1.18 bits per heavy atom. The first-order chi connectivity index (χ1) is 13.3. The summed E-state index contributed by atoms with van der Waals surface area (Å²) in [5.41, 5.74) is 3.73. The topological polar surface area (TPSA) is 74.8 Å². The Labute approximate surface area is 167 Å². The van der Waals surface area contributed by atoms with Gasteiger partial charge in [0.15, 0.2) is 0 Å². The fourth-order valence-corrected chi connectivity index (χ4v) is 4.63. The summed E-state index contributed by atoms with van der Waals surface area (Å²) in [6, 6.07) is 11.7. The van der Waals surface area contributed by atoms with Crippen LogP contribution in [0.2, 0.25) is 0 Å². The molecule has 1 aliphatic heterocycles. The minimum absolute atomic E-state index is 0.0831. The minimum Gasteiger partial charge on any atom is -0.497 e. The van der Waals surface area contributed by atoms with Crippen LogP contribution < -0.4 is 10.1 Å². The van der Waals surface area contributed by atoms with Crippen LogP contribution in [0.25, 0.3) is 0 Å². The van der Waals surface area contributed by atoms with Gasteiger partial charge in [-0.05, 0) is 56.2 Å². The van der Waals surface area contributed by atoms with Crippen molar-refractivity contribution in [1.82, 2.24) is 13.6 Å². The van der Waals surface area contributed by atoms with E-state index in [-0.39, 0.29) is 5.92 Å². The van der Waals surface area contributed by atoms with E-state index in [4.69, 9.17) is 9.72 Å². The summed E-state index contributed by atoms with van der Waals surface area (Å²) in [6.45, 7) is 2.97. The van der Waals surface area contributed by atoms with Crippen LogP contribution in [0.4, 0.5) is 11.4 Å². The van der Waals surface area contributed by atoms with Gasteiger partial charge in [-0.15, -0.1) is 0 Å². The lowest BCUT2D eigenvalue weighted by Crippen LogP contribution is -2.45. The van der Waals surface area contributed by atoms with Crippen LogP contribution in [0, 0.1) is 6.92 Å². The molecular formula is C20H28N4O3S. The maximum Gasteiger partial charge on any atom is 0.281 e. The van der Waals surface area contributed by atoms with Crippen molar-refractivity contribution in [2.45, 2.75) is 25.7 Å². The van der Waals surface area contributed by atoms with Gasteiger partial charge < -0.3 is 10.1 Å². The van der Waals surface area contributed by atoms with E-state index < -0.39 is 10.2 Å². The number of piperidine rings is 1. The SMILES string of the molecule is COc1ccc(Nc2cc(C)nc(C3CCCN(S(=O)(=O)N(C)C)C3)c2)cc1. The van der Waals surface area contributed by atoms with Gasteiger partial charge >= 0.3 is 0 Å². The predicted octanol–water partition coefficient (Wildman–Crippen LogP) is 3.13. The number of anilines is 2. The van der Waals surface area contributed by atoms with Gasteiger partial charge in [0.25, 0.3) is 10.2 Å². The van der Waals surface area contributed by atoms with Gasteiger partial charge in [-0.2, -0.15) is 17.0 Å². The van der Waals surface area contributed by atoms with Crippen molar-refractivity contribution < 1.29 is 13.2 Å². The third-order valence-corrected chi connectivity index (χ3v) is 6.85. The number of nitrogens with zero attached hydrogens (tertiary/aromatic N) is 3. The van der Waals surface area contributed by atoms with E-state index in [1.165, 1.54) is 4.31 Å². The Hall–Kier alpha value is -2.16. The molecule has 28 heavy (non-hydrogen) atoms.